The monoisotopic (exact) mass is 778 g/mol. The van der Waals surface area contributed by atoms with E-state index < -0.39 is 0 Å². The molecule has 2 N–H and O–H groups in total. The molecule has 6 aromatic carbocycles. The number of hydrogen-bond donors (Lipinski definition) is 2. The van der Waals surface area contributed by atoms with Gasteiger partial charge < -0.3 is 34.3 Å². The summed E-state index contributed by atoms with van der Waals surface area (Å²) in [6.07, 6.45) is 2.83. The summed E-state index contributed by atoms with van der Waals surface area (Å²) in [6.45, 7) is 8.79. The zero-order valence-corrected chi connectivity index (χ0v) is 35.4. The predicted molar refractivity (Wildman–Crippen MR) is 239 cm³/mol. The summed E-state index contributed by atoms with van der Waals surface area (Å²) in [6, 6.07) is 43.1. The molecule has 302 valence electrons. The molecule has 6 aromatic rings. The summed E-state index contributed by atoms with van der Waals surface area (Å²) in [4.78, 5) is 0. The fourth-order valence-corrected chi connectivity index (χ4v) is 8.11. The Hall–Kier alpha value is -6.08. The van der Waals surface area contributed by atoms with E-state index in [1.807, 2.05) is 12.1 Å². The van der Waals surface area contributed by atoms with E-state index in [2.05, 4.69) is 148 Å². The highest BCUT2D eigenvalue weighted by Crippen LogP contribution is 2.41. The average Bonchev–Trinajstić information content (AvgIpc) is 3.26. The SMILES string of the molecule is CCC(c1ccc(Nc2ccc(Nc3ccc(C(CC)c4ccc(OC)c(OC)c4)cc3C(CC)c3ccc(C)c(OC)c3)cc2)cc1)c1ccc(OC)c(OC)c1. The largest absolute Gasteiger partial charge is 0.496 e. The van der Waals surface area contributed by atoms with Crippen molar-refractivity contribution in [3.05, 3.63) is 160 Å². The van der Waals surface area contributed by atoms with E-state index in [0.29, 0.717) is 0 Å². The first kappa shape index (κ1) is 41.6. The second kappa shape index (κ2) is 19.4. The third-order valence-corrected chi connectivity index (χ3v) is 11.3. The maximum absolute atomic E-state index is 5.78. The van der Waals surface area contributed by atoms with Gasteiger partial charge in [0.15, 0.2) is 23.0 Å². The lowest BCUT2D eigenvalue weighted by Gasteiger charge is -2.25. The molecule has 7 nitrogen and oxygen atoms in total. The third kappa shape index (κ3) is 9.21. The molecule has 0 amide bonds. The van der Waals surface area contributed by atoms with Gasteiger partial charge in [-0.05, 0) is 138 Å². The van der Waals surface area contributed by atoms with Crippen LogP contribution in [0.5, 0.6) is 28.7 Å². The Labute approximate surface area is 345 Å². The molecule has 3 unspecified atom stereocenters. The molecule has 0 radical (unpaired) electrons. The van der Waals surface area contributed by atoms with E-state index in [0.717, 1.165) is 76.3 Å². The van der Waals surface area contributed by atoms with Gasteiger partial charge in [0.1, 0.15) is 5.75 Å². The lowest BCUT2D eigenvalue weighted by molar-refractivity contribution is 0.354. The zero-order valence-electron chi connectivity index (χ0n) is 35.4. The van der Waals surface area contributed by atoms with Crippen molar-refractivity contribution in [2.75, 3.05) is 46.2 Å². The van der Waals surface area contributed by atoms with Crippen LogP contribution in [0.15, 0.2) is 121 Å². The minimum Gasteiger partial charge on any atom is -0.496 e. The number of hydrogen-bond acceptors (Lipinski definition) is 7. The molecule has 0 saturated carbocycles. The molecule has 3 atom stereocenters. The highest BCUT2D eigenvalue weighted by Gasteiger charge is 2.22. The first-order valence-corrected chi connectivity index (χ1v) is 20.2. The van der Waals surface area contributed by atoms with Crippen LogP contribution in [0.25, 0.3) is 0 Å². The molecular formula is C51H58N2O5. The standard InChI is InChI=1S/C51H58N2O5/c1-10-42(36-18-27-47(54-5)50(31-36)57-8)34-15-20-39(21-16-34)52-40-22-24-41(25-23-40)53-46-26-17-35(43(11-2)37-19-28-48(55-6)51(32-37)58-9)29-45(46)44(12-3)38-14-13-33(4)49(30-38)56-7/h13-32,42-44,52-53H,10-12H2,1-9H3. The summed E-state index contributed by atoms with van der Waals surface area (Å²) < 4.78 is 28.1. The minimum absolute atomic E-state index is 0.142. The maximum atomic E-state index is 5.78. The molecule has 6 rings (SSSR count). The number of methoxy groups -OCH3 is 5. The molecule has 0 bridgehead atoms. The summed E-state index contributed by atoms with van der Waals surface area (Å²) in [5, 5.41) is 7.38. The third-order valence-electron chi connectivity index (χ3n) is 11.3. The molecule has 0 aliphatic carbocycles. The molecule has 0 aliphatic heterocycles. The van der Waals surface area contributed by atoms with Crippen molar-refractivity contribution in [2.45, 2.75) is 64.7 Å². The Balaban J connectivity index is 1.26. The van der Waals surface area contributed by atoms with Gasteiger partial charge >= 0.3 is 0 Å². The van der Waals surface area contributed by atoms with Crippen LogP contribution in [0.1, 0.15) is 96.7 Å². The van der Waals surface area contributed by atoms with Crippen LogP contribution in [0.4, 0.5) is 22.7 Å². The summed E-state index contributed by atoms with van der Waals surface area (Å²) >= 11 is 0. The van der Waals surface area contributed by atoms with Gasteiger partial charge in [0, 0.05) is 40.5 Å². The number of benzene rings is 6. The van der Waals surface area contributed by atoms with Crippen LogP contribution in [0.2, 0.25) is 0 Å². The maximum Gasteiger partial charge on any atom is 0.161 e. The number of aryl methyl sites for hydroxylation is 1. The van der Waals surface area contributed by atoms with Crippen LogP contribution < -0.4 is 34.3 Å². The summed E-state index contributed by atoms with van der Waals surface area (Å²) in [7, 11) is 8.45. The van der Waals surface area contributed by atoms with Crippen LogP contribution >= 0.6 is 0 Å². The highest BCUT2D eigenvalue weighted by atomic mass is 16.5. The van der Waals surface area contributed by atoms with Crippen LogP contribution in [0.3, 0.4) is 0 Å². The number of ether oxygens (including phenoxy) is 5. The van der Waals surface area contributed by atoms with Crippen molar-refractivity contribution in [3.8, 4) is 28.7 Å². The van der Waals surface area contributed by atoms with Crippen LogP contribution in [-0.2, 0) is 0 Å². The molecule has 0 aliphatic rings. The van der Waals surface area contributed by atoms with E-state index in [9.17, 15) is 0 Å². The molecule has 0 aromatic heterocycles. The first-order valence-electron chi connectivity index (χ1n) is 20.2. The summed E-state index contributed by atoms with van der Waals surface area (Å²) in [5.41, 5.74) is 12.6. The lowest BCUT2D eigenvalue weighted by Crippen LogP contribution is -2.08. The molecular weight excluding hydrogens is 721 g/mol. The van der Waals surface area contributed by atoms with Gasteiger partial charge in [0.2, 0.25) is 0 Å². The van der Waals surface area contributed by atoms with Crippen LogP contribution in [0, 0.1) is 6.92 Å². The van der Waals surface area contributed by atoms with Gasteiger partial charge in [-0.15, -0.1) is 0 Å². The Morgan fingerprint density at radius 3 is 1.26 bits per heavy atom. The molecule has 0 saturated heterocycles. The van der Waals surface area contributed by atoms with E-state index >= 15 is 0 Å². The van der Waals surface area contributed by atoms with Gasteiger partial charge in [-0.2, -0.15) is 0 Å². The summed E-state index contributed by atoms with van der Waals surface area (Å²) in [5.74, 6) is 4.42. The molecule has 0 fully saturated rings. The lowest BCUT2D eigenvalue weighted by atomic mass is 9.82. The number of nitrogens with one attached hydrogen (secondary N) is 2. The Bertz CT molecular complexity index is 2270. The smallest absolute Gasteiger partial charge is 0.161 e. The van der Waals surface area contributed by atoms with Gasteiger partial charge in [-0.3, -0.25) is 0 Å². The van der Waals surface area contributed by atoms with Gasteiger partial charge in [0.25, 0.3) is 0 Å². The highest BCUT2D eigenvalue weighted by molar-refractivity contribution is 5.69. The van der Waals surface area contributed by atoms with Crippen molar-refractivity contribution in [1.29, 1.82) is 0 Å². The Morgan fingerprint density at radius 2 is 0.759 bits per heavy atom. The van der Waals surface area contributed by atoms with E-state index in [4.69, 9.17) is 23.7 Å². The fourth-order valence-electron chi connectivity index (χ4n) is 8.11. The van der Waals surface area contributed by atoms with Crippen molar-refractivity contribution in [3.63, 3.8) is 0 Å². The van der Waals surface area contributed by atoms with Gasteiger partial charge in [-0.1, -0.05) is 69.3 Å². The van der Waals surface area contributed by atoms with E-state index in [1.54, 1.807) is 35.5 Å². The number of rotatable bonds is 18. The second-order valence-corrected chi connectivity index (χ2v) is 14.6. The zero-order chi connectivity index (χ0) is 41.2. The molecule has 7 heteroatoms. The van der Waals surface area contributed by atoms with E-state index in [-0.39, 0.29) is 17.8 Å². The first-order chi connectivity index (χ1) is 28.3. The van der Waals surface area contributed by atoms with Gasteiger partial charge in [-0.25, -0.2) is 0 Å². The minimum atomic E-state index is 0.142. The van der Waals surface area contributed by atoms with Crippen molar-refractivity contribution in [2.24, 2.45) is 0 Å². The Morgan fingerprint density at radius 1 is 0.379 bits per heavy atom. The fraction of sp³-hybridized carbons (Fsp3) is 0.294. The molecule has 0 heterocycles. The average molecular weight is 779 g/mol. The topological polar surface area (TPSA) is 70.2 Å². The van der Waals surface area contributed by atoms with Gasteiger partial charge in [0.05, 0.1) is 35.5 Å². The molecule has 0 spiro atoms. The van der Waals surface area contributed by atoms with Crippen LogP contribution in [-0.4, -0.2) is 35.5 Å². The van der Waals surface area contributed by atoms with Crippen molar-refractivity contribution < 1.29 is 23.7 Å². The second-order valence-electron chi connectivity index (χ2n) is 14.6. The normalized spacial score (nSPS) is 12.6. The van der Waals surface area contributed by atoms with E-state index in [1.165, 1.54) is 33.4 Å². The quantitative estimate of drug-likeness (QED) is 0.0900. The number of anilines is 4. The molecule has 58 heavy (non-hydrogen) atoms. The van der Waals surface area contributed by atoms with Crippen molar-refractivity contribution >= 4 is 22.7 Å². The predicted octanol–water partition coefficient (Wildman–Crippen LogP) is 13.2. The Kier molecular flexibility index (Phi) is 13.9. The van der Waals surface area contributed by atoms with Crippen molar-refractivity contribution in [1.82, 2.24) is 0 Å².